The fourth-order valence-corrected chi connectivity index (χ4v) is 4.61. The molecule has 5 rings (SSSR count). The molecule has 0 radical (unpaired) electrons. The number of aromatic amines is 1. The molecule has 0 unspecified atom stereocenters. The Labute approximate surface area is 188 Å². The number of hydrogen-bond acceptors (Lipinski definition) is 5. The van der Waals surface area contributed by atoms with Crippen LogP contribution in [0.3, 0.4) is 0 Å². The second-order valence-corrected chi connectivity index (χ2v) is 8.37. The van der Waals surface area contributed by atoms with E-state index >= 15 is 0 Å². The third-order valence-electron chi connectivity index (χ3n) is 6.28. The van der Waals surface area contributed by atoms with Crippen LogP contribution in [0.4, 0.5) is 0 Å². The average Bonchev–Trinajstić information content (AvgIpc) is 3.48. The van der Waals surface area contributed by atoms with Crippen molar-refractivity contribution in [1.29, 1.82) is 0 Å². The van der Waals surface area contributed by atoms with Crippen molar-refractivity contribution in [3.63, 3.8) is 0 Å². The summed E-state index contributed by atoms with van der Waals surface area (Å²) in [5.74, 6) is 1.51. The highest BCUT2D eigenvalue weighted by atomic mass is 16.5. The van der Waals surface area contributed by atoms with Crippen molar-refractivity contribution in [2.75, 3.05) is 33.4 Å². The number of benzene rings is 1. The summed E-state index contributed by atoms with van der Waals surface area (Å²) in [6, 6.07) is 12.2. The van der Waals surface area contributed by atoms with Crippen molar-refractivity contribution < 1.29 is 9.47 Å². The summed E-state index contributed by atoms with van der Waals surface area (Å²) in [5, 5.41) is 2.12. The van der Waals surface area contributed by atoms with Crippen LogP contribution < -0.4 is 9.47 Å². The van der Waals surface area contributed by atoms with E-state index in [0.717, 1.165) is 69.8 Å². The average molecular weight is 431 g/mol. The predicted molar refractivity (Wildman–Crippen MR) is 129 cm³/mol. The van der Waals surface area contributed by atoms with Crippen LogP contribution >= 0.6 is 0 Å². The molecule has 1 saturated heterocycles. The number of H-pyrrole nitrogens is 1. The molecular weight excluding hydrogens is 400 g/mol. The second kappa shape index (κ2) is 9.17. The van der Waals surface area contributed by atoms with Gasteiger partial charge in [-0.15, -0.1) is 0 Å². The zero-order valence-electron chi connectivity index (χ0n) is 18.9. The molecule has 6 nitrogen and oxygen atoms in total. The van der Waals surface area contributed by atoms with Gasteiger partial charge in [0.05, 0.1) is 36.1 Å². The maximum Gasteiger partial charge on any atom is 0.163 e. The summed E-state index contributed by atoms with van der Waals surface area (Å²) in [7, 11) is 1.69. The summed E-state index contributed by atoms with van der Waals surface area (Å²) < 4.78 is 11.8. The summed E-state index contributed by atoms with van der Waals surface area (Å²) >= 11 is 0. The first-order valence-electron chi connectivity index (χ1n) is 11.6. The molecule has 1 aliphatic rings. The molecule has 1 aromatic carbocycles. The van der Waals surface area contributed by atoms with Gasteiger partial charge in [-0.2, -0.15) is 0 Å². The molecule has 0 atom stereocenters. The van der Waals surface area contributed by atoms with E-state index in [1.165, 1.54) is 25.9 Å². The Morgan fingerprint density at radius 2 is 1.94 bits per heavy atom. The van der Waals surface area contributed by atoms with Crippen LogP contribution in [0.25, 0.3) is 33.2 Å². The van der Waals surface area contributed by atoms with Crippen LogP contribution in [0, 0.1) is 0 Å². The minimum absolute atomic E-state index is 0.680. The number of hydrogen-bond donors (Lipinski definition) is 1. The molecule has 6 heteroatoms. The Bertz CT molecular complexity index is 1230. The van der Waals surface area contributed by atoms with Gasteiger partial charge >= 0.3 is 0 Å². The number of nitrogens with one attached hydrogen (secondary N) is 1. The lowest BCUT2D eigenvalue weighted by atomic mass is 10.1. The number of rotatable bonds is 8. The zero-order valence-corrected chi connectivity index (χ0v) is 18.9. The van der Waals surface area contributed by atoms with E-state index in [2.05, 4.69) is 28.9 Å². The Kier molecular flexibility index (Phi) is 5.95. The smallest absolute Gasteiger partial charge is 0.163 e. The van der Waals surface area contributed by atoms with Crippen LogP contribution in [0.5, 0.6) is 11.5 Å². The van der Waals surface area contributed by atoms with Crippen molar-refractivity contribution in [1.82, 2.24) is 19.9 Å². The molecule has 32 heavy (non-hydrogen) atoms. The lowest BCUT2D eigenvalue weighted by Crippen LogP contribution is -2.21. The number of likely N-dealkylation sites (tertiary alicyclic amines) is 1. The maximum atomic E-state index is 6.14. The maximum absolute atomic E-state index is 6.14. The van der Waals surface area contributed by atoms with Crippen LogP contribution in [0.2, 0.25) is 0 Å². The van der Waals surface area contributed by atoms with Crippen LogP contribution in [0.1, 0.15) is 31.9 Å². The SMILES string of the molecule is CCc1cccc(-c2nccc3[nH]c4cc(OCCCN5CCCC5)c(OC)cc4c23)n1. The van der Waals surface area contributed by atoms with Crippen LogP contribution in [-0.4, -0.2) is 53.2 Å². The standard InChI is InChI=1S/C26H30N4O2/c1-3-18-8-6-9-21(28-18)26-25-19-16-23(31-2)24(17-22(19)29-20(25)10-11-27-26)32-15-7-14-30-12-4-5-13-30/h6,8-11,16-17,29H,3-5,7,12-15H2,1-2H3. The second-order valence-electron chi connectivity index (χ2n) is 8.37. The van der Waals surface area contributed by atoms with Crippen molar-refractivity contribution in [3.8, 4) is 22.9 Å². The zero-order chi connectivity index (χ0) is 21.9. The van der Waals surface area contributed by atoms with Gasteiger partial charge in [0.15, 0.2) is 11.5 Å². The normalized spacial score (nSPS) is 14.4. The topological polar surface area (TPSA) is 63.3 Å². The minimum atomic E-state index is 0.680. The fourth-order valence-electron chi connectivity index (χ4n) is 4.61. The highest BCUT2D eigenvalue weighted by molar-refractivity contribution is 6.13. The molecule has 0 spiro atoms. The van der Waals surface area contributed by atoms with Crippen molar-refractivity contribution >= 4 is 21.8 Å². The van der Waals surface area contributed by atoms with E-state index in [9.17, 15) is 0 Å². The lowest BCUT2D eigenvalue weighted by Gasteiger charge is -2.15. The first-order chi connectivity index (χ1) is 15.8. The molecule has 3 aromatic heterocycles. The largest absolute Gasteiger partial charge is 0.493 e. The van der Waals surface area contributed by atoms with Gasteiger partial charge < -0.3 is 19.4 Å². The minimum Gasteiger partial charge on any atom is -0.493 e. The van der Waals surface area contributed by atoms with Gasteiger partial charge in [0.1, 0.15) is 0 Å². The summed E-state index contributed by atoms with van der Waals surface area (Å²) in [5.41, 5.74) is 4.86. The van der Waals surface area contributed by atoms with Gasteiger partial charge in [-0.3, -0.25) is 9.97 Å². The number of aryl methyl sites for hydroxylation is 1. The molecule has 4 aromatic rings. The quantitative estimate of drug-likeness (QED) is 0.389. The van der Waals surface area contributed by atoms with Crippen LogP contribution in [-0.2, 0) is 6.42 Å². The van der Waals surface area contributed by atoms with E-state index in [1.807, 2.05) is 30.5 Å². The van der Waals surface area contributed by atoms with Gasteiger partial charge in [0, 0.05) is 35.3 Å². The molecule has 166 valence electrons. The number of nitrogens with zero attached hydrogens (tertiary/aromatic N) is 3. The van der Waals surface area contributed by atoms with E-state index in [1.54, 1.807) is 7.11 Å². The van der Waals surface area contributed by atoms with Crippen LogP contribution in [0.15, 0.2) is 42.6 Å². The van der Waals surface area contributed by atoms with E-state index in [0.29, 0.717) is 6.61 Å². The molecule has 0 aliphatic carbocycles. The third kappa shape index (κ3) is 4.02. The highest BCUT2D eigenvalue weighted by Gasteiger charge is 2.17. The van der Waals surface area contributed by atoms with Gasteiger partial charge in [0.25, 0.3) is 0 Å². The molecule has 1 N–H and O–H groups in total. The van der Waals surface area contributed by atoms with Crippen molar-refractivity contribution in [2.24, 2.45) is 0 Å². The van der Waals surface area contributed by atoms with E-state index < -0.39 is 0 Å². The number of fused-ring (bicyclic) bond motifs is 3. The molecule has 1 aliphatic heterocycles. The number of ether oxygens (including phenoxy) is 2. The monoisotopic (exact) mass is 430 g/mol. The number of methoxy groups -OCH3 is 1. The first kappa shape index (κ1) is 20.8. The predicted octanol–water partition coefficient (Wildman–Crippen LogP) is 5.21. The van der Waals surface area contributed by atoms with Gasteiger partial charge in [-0.25, -0.2) is 0 Å². The molecule has 1 fully saturated rings. The highest BCUT2D eigenvalue weighted by Crippen LogP contribution is 2.38. The third-order valence-corrected chi connectivity index (χ3v) is 6.28. The lowest BCUT2D eigenvalue weighted by molar-refractivity contribution is 0.254. The van der Waals surface area contributed by atoms with Crippen molar-refractivity contribution in [2.45, 2.75) is 32.6 Å². The van der Waals surface area contributed by atoms with E-state index in [4.69, 9.17) is 19.4 Å². The van der Waals surface area contributed by atoms with Gasteiger partial charge in [-0.05, 0) is 63.0 Å². The Hall–Kier alpha value is -3.12. The number of pyridine rings is 2. The molecular formula is C26H30N4O2. The fraction of sp³-hybridized carbons (Fsp3) is 0.385. The van der Waals surface area contributed by atoms with E-state index in [-0.39, 0.29) is 0 Å². The first-order valence-corrected chi connectivity index (χ1v) is 11.6. The number of aromatic nitrogens is 3. The molecule has 0 bridgehead atoms. The summed E-state index contributed by atoms with van der Waals surface area (Å²) in [4.78, 5) is 15.5. The summed E-state index contributed by atoms with van der Waals surface area (Å²) in [6.07, 6.45) is 6.38. The Morgan fingerprint density at radius 1 is 1.06 bits per heavy atom. The summed E-state index contributed by atoms with van der Waals surface area (Å²) in [6.45, 7) is 6.33. The Balaban J connectivity index is 1.48. The molecule has 4 heterocycles. The molecule has 0 amide bonds. The van der Waals surface area contributed by atoms with Gasteiger partial charge in [-0.1, -0.05) is 13.0 Å². The van der Waals surface area contributed by atoms with Gasteiger partial charge in [0.2, 0.25) is 0 Å². The van der Waals surface area contributed by atoms with Crippen molar-refractivity contribution in [3.05, 3.63) is 48.3 Å². The Morgan fingerprint density at radius 3 is 2.75 bits per heavy atom. The molecule has 0 saturated carbocycles.